The molecule has 2 heteroatoms. The highest BCUT2D eigenvalue weighted by Gasteiger charge is 2.10. The fourth-order valence-corrected chi connectivity index (χ4v) is 1.61. The Bertz CT molecular complexity index is 265. The van der Waals surface area contributed by atoms with Gasteiger partial charge in [-0.2, -0.15) is 0 Å². The number of rotatable bonds is 0. The van der Waals surface area contributed by atoms with Gasteiger partial charge in [-0.25, -0.2) is 0 Å². The lowest BCUT2D eigenvalue weighted by atomic mass is 10.1. The fourth-order valence-electron chi connectivity index (χ4n) is 1.43. The van der Waals surface area contributed by atoms with Gasteiger partial charge < -0.3 is 5.32 Å². The van der Waals surface area contributed by atoms with Crippen molar-refractivity contribution in [2.24, 2.45) is 0 Å². The molecule has 2 rings (SSSR count). The van der Waals surface area contributed by atoms with Gasteiger partial charge in [0, 0.05) is 17.3 Å². The summed E-state index contributed by atoms with van der Waals surface area (Å²) in [6.45, 7) is 3.08. The summed E-state index contributed by atoms with van der Waals surface area (Å²) in [5.41, 5.74) is 3.76. The molecule has 1 N–H and O–H groups in total. The first kappa shape index (κ1) is 6.99. The summed E-state index contributed by atoms with van der Waals surface area (Å²) >= 11 is 5.96. The van der Waals surface area contributed by atoms with Crippen molar-refractivity contribution < 1.29 is 0 Å². The van der Waals surface area contributed by atoms with Crippen LogP contribution in [0.3, 0.4) is 0 Å². The highest BCUT2D eigenvalue weighted by Crippen LogP contribution is 2.28. The number of hydrogen-bond donors (Lipinski definition) is 1. The highest BCUT2D eigenvalue weighted by molar-refractivity contribution is 6.31. The van der Waals surface area contributed by atoms with Gasteiger partial charge in [0.2, 0.25) is 0 Å². The van der Waals surface area contributed by atoms with E-state index in [4.69, 9.17) is 11.6 Å². The van der Waals surface area contributed by atoms with Gasteiger partial charge in [0.15, 0.2) is 0 Å². The van der Waals surface area contributed by atoms with Crippen LogP contribution in [0.2, 0.25) is 5.02 Å². The first-order chi connectivity index (χ1) is 5.27. The molecule has 0 unspecified atom stereocenters. The maximum Gasteiger partial charge on any atom is 0.0439 e. The molecule has 0 spiro atoms. The Kier molecular flexibility index (Phi) is 1.53. The minimum Gasteiger partial charge on any atom is -0.384 e. The molecule has 1 aromatic carbocycles. The van der Waals surface area contributed by atoms with Crippen molar-refractivity contribution >= 4 is 17.3 Å². The molecule has 0 aromatic heterocycles. The molecule has 0 aliphatic carbocycles. The molecule has 1 nitrogen and oxygen atoms in total. The van der Waals surface area contributed by atoms with Crippen LogP contribution in [0.15, 0.2) is 12.1 Å². The number of aryl methyl sites for hydroxylation is 1. The number of nitrogens with one attached hydrogen (secondary N) is 1. The van der Waals surface area contributed by atoms with Crippen molar-refractivity contribution in [1.29, 1.82) is 0 Å². The summed E-state index contributed by atoms with van der Waals surface area (Å²) in [7, 11) is 0. The third kappa shape index (κ3) is 1.10. The van der Waals surface area contributed by atoms with Crippen molar-refractivity contribution in [2.45, 2.75) is 13.3 Å². The molecule has 11 heavy (non-hydrogen) atoms. The predicted molar refractivity (Wildman–Crippen MR) is 48.4 cm³/mol. The molecule has 0 amide bonds. The molecule has 58 valence electrons. The number of hydrogen-bond acceptors (Lipinski definition) is 1. The van der Waals surface area contributed by atoms with Crippen LogP contribution in [0, 0.1) is 6.92 Å². The summed E-state index contributed by atoms with van der Waals surface area (Å²) in [5.74, 6) is 0. The quantitative estimate of drug-likeness (QED) is 0.627. The van der Waals surface area contributed by atoms with Crippen molar-refractivity contribution in [3.8, 4) is 0 Å². The SMILES string of the molecule is Cc1cc2c(cc1Cl)CCN2. The second kappa shape index (κ2) is 2.42. The first-order valence-electron chi connectivity index (χ1n) is 3.80. The van der Waals surface area contributed by atoms with Crippen LogP contribution in [-0.4, -0.2) is 6.54 Å². The lowest BCUT2D eigenvalue weighted by Crippen LogP contribution is -1.90. The maximum atomic E-state index is 5.96. The zero-order valence-corrected chi connectivity index (χ0v) is 7.20. The third-order valence-corrected chi connectivity index (χ3v) is 2.50. The van der Waals surface area contributed by atoms with E-state index in [1.54, 1.807) is 0 Å². The van der Waals surface area contributed by atoms with E-state index < -0.39 is 0 Å². The van der Waals surface area contributed by atoms with Crippen LogP contribution < -0.4 is 5.32 Å². The van der Waals surface area contributed by atoms with E-state index in [0.717, 1.165) is 23.6 Å². The Labute approximate surface area is 71.4 Å². The van der Waals surface area contributed by atoms with E-state index in [1.165, 1.54) is 11.3 Å². The topological polar surface area (TPSA) is 12.0 Å². The van der Waals surface area contributed by atoms with Crippen LogP contribution in [-0.2, 0) is 6.42 Å². The summed E-state index contributed by atoms with van der Waals surface area (Å²) in [5, 5.41) is 4.19. The molecule has 0 saturated carbocycles. The van der Waals surface area contributed by atoms with E-state index in [2.05, 4.69) is 17.4 Å². The van der Waals surface area contributed by atoms with E-state index >= 15 is 0 Å². The van der Waals surface area contributed by atoms with Crippen LogP contribution in [0.25, 0.3) is 0 Å². The number of anilines is 1. The number of benzene rings is 1. The smallest absolute Gasteiger partial charge is 0.0439 e. The average Bonchev–Trinajstić information content (AvgIpc) is 2.36. The molecule has 0 radical (unpaired) electrons. The van der Waals surface area contributed by atoms with Crippen molar-refractivity contribution in [2.75, 3.05) is 11.9 Å². The molecule has 0 atom stereocenters. The second-order valence-corrected chi connectivity index (χ2v) is 3.34. The molecule has 0 saturated heterocycles. The van der Waals surface area contributed by atoms with Crippen LogP contribution >= 0.6 is 11.6 Å². The zero-order valence-electron chi connectivity index (χ0n) is 6.45. The van der Waals surface area contributed by atoms with E-state index in [9.17, 15) is 0 Å². The van der Waals surface area contributed by atoms with E-state index in [1.807, 2.05) is 6.92 Å². The standard InChI is InChI=1S/C9H10ClN/c1-6-4-9-7(2-3-11-9)5-8(6)10/h4-5,11H,2-3H2,1H3. The van der Waals surface area contributed by atoms with Crippen LogP contribution in [0.4, 0.5) is 5.69 Å². The second-order valence-electron chi connectivity index (χ2n) is 2.94. The normalized spacial score (nSPS) is 14.4. The van der Waals surface area contributed by atoms with Crippen LogP contribution in [0.5, 0.6) is 0 Å². The van der Waals surface area contributed by atoms with Crippen LogP contribution in [0.1, 0.15) is 11.1 Å². The van der Waals surface area contributed by atoms with E-state index in [-0.39, 0.29) is 0 Å². The zero-order chi connectivity index (χ0) is 7.84. The minimum atomic E-state index is 0.882. The Balaban J connectivity index is 2.57. The van der Waals surface area contributed by atoms with Crippen molar-refractivity contribution in [1.82, 2.24) is 0 Å². The van der Waals surface area contributed by atoms with E-state index in [0.29, 0.717) is 0 Å². The van der Waals surface area contributed by atoms with Gasteiger partial charge in [0.1, 0.15) is 0 Å². The minimum absolute atomic E-state index is 0.882. The molecular weight excluding hydrogens is 158 g/mol. The number of fused-ring (bicyclic) bond motifs is 1. The molecule has 1 aliphatic rings. The molecular formula is C9H10ClN. The van der Waals surface area contributed by atoms with Gasteiger partial charge in [0.05, 0.1) is 0 Å². The van der Waals surface area contributed by atoms with Gasteiger partial charge in [-0.05, 0) is 36.6 Å². The summed E-state index contributed by atoms with van der Waals surface area (Å²) in [6.07, 6.45) is 1.11. The molecule has 0 bridgehead atoms. The van der Waals surface area contributed by atoms with Gasteiger partial charge in [-0.1, -0.05) is 11.6 Å². The average molecular weight is 168 g/mol. The lowest BCUT2D eigenvalue weighted by Gasteiger charge is -2.02. The fraction of sp³-hybridized carbons (Fsp3) is 0.333. The third-order valence-electron chi connectivity index (χ3n) is 2.09. The van der Waals surface area contributed by atoms with Gasteiger partial charge in [-0.3, -0.25) is 0 Å². The Morgan fingerprint density at radius 1 is 1.45 bits per heavy atom. The largest absolute Gasteiger partial charge is 0.384 e. The van der Waals surface area contributed by atoms with Gasteiger partial charge in [-0.15, -0.1) is 0 Å². The lowest BCUT2D eigenvalue weighted by molar-refractivity contribution is 1.11. The first-order valence-corrected chi connectivity index (χ1v) is 4.18. The molecule has 0 fully saturated rings. The maximum absolute atomic E-state index is 5.96. The number of halogens is 1. The molecule has 1 heterocycles. The summed E-state index contributed by atoms with van der Waals surface area (Å²) in [6, 6.07) is 4.18. The van der Waals surface area contributed by atoms with Gasteiger partial charge in [0.25, 0.3) is 0 Å². The summed E-state index contributed by atoms with van der Waals surface area (Å²) in [4.78, 5) is 0. The summed E-state index contributed by atoms with van der Waals surface area (Å²) < 4.78 is 0. The Hall–Kier alpha value is -0.690. The molecule has 1 aromatic rings. The predicted octanol–water partition coefficient (Wildman–Crippen LogP) is 2.62. The Morgan fingerprint density at radius 3 is 3.09 bits per heavy atom. The van der Waals surface area contributed by atoms with Crippen molar-refractivity contribution in [3.63, 3.8) is 0 Å². The van der Waals surface area contributed by atoms with Crippen molar-refractivity contribution in [3.05, 3.63) is 28.3 Å². The van der Waals surface area contributed by atoms with Gasteiger partial charge >= 0.3 is 0 Å². The Morgan fingerprint density at radius 2 is 2.27 bits per heavy atom. The monoisotopic (exact) mass is 167 g/mol. The molecule has 1 aliphatic heterocycles. The highest BCUT2D eigenvalue weighted by atomic mass is 35.5.